The Morgan fingerprint density at radius 2 is 1.50 bits per heavy atom. The summed E-state index contributed by atoms with van der Waals surface area (Å²) >= 11 is 0. The van der Waals surface area contributed by atoms with Gasteiger partial charge in [0, 0.05) is 18.5 Å². The van der Waals surface area contributed by atoms with Crippen LogP contribution in [0.3, 0.4) is 0 Å². The van der Waals surface area contributed by atoms with E-state index in [0.717, 1.165) is 18.0 Å². The number of ether oxygens (including phenoxy) is 1. The van der Waals surface area contributed by atoms with Gasteiger partial charge in [-0.05, 0) is 42.5 Å². The molecule has 0 amide bonds. The highest BCUT2D eigenvalue weighted by molar-refractivity contribution is 5.49. The SMILES string of the molecule is CC1CC2c3ccccc3Oc3ccccc3C2CN1. The first-order valence-electron chi connectivity index (χ1n) is 7.42. The van der Waals surface area contributed by atoms with Gasteiger partial charge in [-0.3, -0.25) is 0 Å². The van der Waals surface area contributed by atoms with Gasteiger partial charge < -0.3 is 10.1 Å². The zero-order valence-corrected chi connectivity index (χ0v) is 11.7. The maximum atomic E-state index is 6.20. The molecule has 1 fully saturated rings. The van der Waals surface area contributed by atoms with Crippen molar-refractivity contribution in [3.63, 3.8) is 0 Å². The predicted octanol–water partition coefficient (Wildman–Crippen LogP) is 4.04. The zero-order chi connectivity index (χ0) is 13.5. The van der Waals surface area contributed by atoms with E-state index in [2.05, 4.69) is 60.8 Å². The molecule has 2 aromatic rings. The molecule has 4 rings (SSSR count). The molecule has 0 aliphatic carbocycles. The number of rotatable bonds is 0. The molecule has 3 unspecified atom stereocenters. The van der Waals surface area contributed by atoms with Crippen LogP contribution in [-0.2, 0) is 0 Å². The number of benzene rings is 2. The maximum absolute atomic E-state index is 6.20. The van der Waals surface area contributed by atoms with Gasteiger partial charge in [-0.25, -0.2) is 0 Å². The second-order valence-electron chi connectivity index (χ2n) is 5.94. The topological polar surface area (TPSA) is 21.3 Å². The van der Waals surface area contributed by atoms with Gasteiger partial charge in [-0.15, -0.1) is 0 Å². The van der Waals surface area contributed by atoms with Crippen molar-refractivity contribution < 1.29 is 4.74 Å². The average Bonchev–Trinajstić information content (AvgIpc) is 2.61. The molecule has 1 saturated heterocycles. The van der Waals surface area contributed by atoms with Crippen LogP contribution >= 0.6 is 0 Å². The Balaban J connectivity index is 1.90. The highest BCUT2D eigenvalue weighted by Gasteiger charge is 2.36. The fraction of sp³-hybridized carbons (Fsp3) is 0.333. The Morgan fingerprint density at radius 3 is 2.20 bits per heavy atom. The second kappa shape index (κ2) is 4.64. The molecule has 0 spiro atoms. The van der Waals surface area contributed by atoms with Crippen molar-refractivity contribution in [3.05, 3.63) is 59.7 Å². The average molecular weight is 265 g/mol. The van der Waals surface area contributed by atoms with E-state index in [1.807, 2.05) is 0 Å². The Kier molecular flexibility index (Phi) is 2.78. The minimum absolute atomic E-state index is 0.506. The molecule has 2 aliphatic heterocycles. The molecule has 2 nitrogen and oxygen atoms in total. The summed E-state index contributed by atoms with van der Waals surface area (Å²) in [7, 11) is 0. The van der Waals surface area contributed by atoms with E-state index in [4.69, 9.17) is 4.74 Å². The molecule has 2 aromatic carbocycles. The molecule has 2 aliphatic rings. The van der Waals surface area contributed by atoms with E-state index in [1.54, 1.807) is 0 Å². The molecular weight excluding hydrogens is 246 g/mol. The van der Waals surface area contributed by atoms with Gasteiger partial charge in [0.25, 0.3) is 0 Å². The lowest BCUT2D eigenvalue weighted by Gasteiger charge is -2.35. The lowest BCUT2D eigenvalue weighted by Crippen LogP contribution is -2.39. The molecule has 0 saturated carbocycles. The number of fused-ring (bicyclic) bond motifs is 5. The standard InChI is InChI=1S/C18H19NO/c1-12-10-15-13-6-2-4-8-17(13)20-18-9-5-3-7-14(18)16(15)11-19-12/h2-9,12,15-16,19H,10-11H2,1H3. The molecule has 0 bridgehead atoms. The molecule has 20 heavy (non-hydrogen) atoms. The molecule has 2 heteroatoms. The molecule has 102 valence electrons. The monoisotopic (exact) mass is 265 g/mol. The Morgan fingerprint density at radius 1 is 0.900 bits per heavy atom. The van der Waals surface area contributed by atoms with Gasteiger partial charge >= 0.3 is 0 Å². The van der Waals surface area contributed by atoms with Gasteiger partial charge in [0.15, 0.2) is 0 Å². The number of para-hydroxylation sites is 2. The molecule has 0 aromatic heterocycles. The third kappa shape index (κ3) is 1.83. The largest absolute Gasteiger partial charge is 0.457 e. The van der Waals surface area contributed by atoms with E-state index in [-0.39, 0.29) is 0 Å². The third-order valence-corrected chi connectivity index (χ3v) is 4.64. The predicted molar refractivity (Wildman–Crippen MR) is 80.5 cm³/mol. The number of piperidine rings is 1. The van der Waals surface area contributed by atoms with Crippen molar-refractivity contribution in [2.75, 3.05) is 6.54 Å². The minimum atomic E-state index is 0.506. The van der Waals surface area contributed by atoms with Gasteiger partial charge in [-0.1, -0.05) is 36.4 Å². The highest BCUT2D eigenvalue weighted by atomic mass is 16.5. The molecular formula is C18H19NO. The Bertz CT molecular complexity index is 637. The van der Waals surface area contributed by atoms with Crippen molar-refractivity contribution in [3.8, 4) is 11.5 Å². The van der Waals surface area contributed by atoms with E-state index < -0.39 is 0 Å². The maximum Gasteiger partial charge on any atom is 0.130 e. The summed E-state index contributed by atoms with van der Waals surface area (Å²) in [4.78, 5) is 0. The third-order valence-electron chi connectivity index (χ3n) is 4.64. The first-order valence-corrected chi connectivity index (χ1v) is 7.42. The minimum Gasteiger partial charge on any atom is -0.457 e. The van der Waals surface area contributed by atoms with Crippen molar-refractivity contribution in [2.24, 2.45) is 0 Å². The molecule has 1 N–H and O–H groups in total. The van der Waals surface area contributed by atoms with Crippen LogP contribution in [0.5, 0.6) is 11.5 Å². The van der Waals surface area contributed by atoms with Gasteiger partial charge in [0.2, 0.25) is 0 Å². The van der Waals surface area contributed by atoms with Crippen LogP contribution in [0.4, 0.5) is 0 Å². The van der Waals surface area contributed by atoms with Crippen LogP contribution < -0.4 is 10.1 Å². The van der Waals surface area contributed by atoms with Crippen molar-refractivity contribution in [2.45, 2.75) is 31.2 Å². The quantitative estimate of drug-likeness (QED) is 0.776. The first kappa shape index (κ1) is 12.0. The Hall–Kier alpha value is -1.80. The first-order chi connectivity index (χ1) is 9.83. The fourth-order valence-electron chi connectivity index (χ4n) is 3.65. The van der Waals surface area contributed by atoms with E-state index >= 15 is 0 Å². The van der Waals surface area contributed by atoms with E-state index in [0.29, 0.717) is 17.9 Å². The summed E-state index contributed by atoms with van der Waals surface area (Å²) in [5.74, 6) is 3.10. The van der Waals surface area contributed by atoms with Crippen LogP contribution in [0.2, 0.25) is 0 Å². The highest BCUT2D eigenvalue weighted by Crippen LogP contribution is 2.48. The second-order valence-corrected chi connectivity index (χ2v) is 5.94. The van der Waals surface area contributed by atoms with Crippen molar-refractivity contribution in [1.29, 1.82) is 0 Å². The smallest absolute Gasteiger partial charge is 0.130 e. The van der Waals surface area contributed by atoms with Gasteiger partial charge in [0.1, 0.15) is 11.5 Å². The number of nitrogens with one attached hydrogen (secondary N) is 1. The van der Waals surface area contributed by atoms with Crippen LogP contribution in [0.25, 0.3) is 0 Å². The zero-order valence-electron chi connectivity index (χ0n) is 11.7. The van der Waals surface area contributed by atoms with E-state index in [1.165, 1.54) is 17.5 Å². The van der Waals surface area contributed by atoms with Gasteiger partial charge in [0.05, 0.1) is 0 Å². The van der Waals surface area contributed by atoms with Crippen LogP contribution in [0.1, 0.15) is 36.3 Å². The summed E-state index contributed by atoms with van der Waals surface area (Å²) in [6, 6.07) is 17.6. The molecule has 2 heterocycles. The van der Waals surface area contributed by atoms with Crippen LogP contribution in [-0.4, -0.2) is 12.6 Å². The van der Waals surface area contributed by atoms with Crippen LogP contribution in [0.15, 0.2) is 48.5 Å². The van der Waals surface area contributed by atoms with Crippen molar-refractivity contribution >= 4 is 0 Å². The Labute approximate surface area is 119 Å². The fourth-order valence-corrected chi connectivity index (χ4v) is 3.65. The number of hydrogen-bond acceptors (Lipinski definition) is 2. The summed E-state index contributed by atoms with van der Waals surface area (Å²) in [6.45, 7) is 3.30. The summed E-state index contributed by atoms with van der Waals surface area (Å²) in [6.07, 6.45) is 1.17. The van der Waals surface area contributed by atoms with E-state index in [9.17, 15) is 0 Å². The summed E-state index contributed by atoms with van der Waals surface area (Å²) in [5.41, 5.74) is 2.70. The molecule has 0 radical (unpaired) electrons. The molecule has 3 atom stereocenters. The van der Waals surface area contributed by atoms with Gasteiger partial charge in [-0.2, -0.15) is 0 Å². The van der Waals surface area contributed by atoms with Crippen molar-refractivity contribution in [1.82, 2.24) is 5.32 Å². The normalized spacial score (nSPS) is 27.6. The summed E-state index contributed by atoms with van der Waals surface area (Å²) < 4.78 is 6.20. The number of hydrogen-bond donors (Lipinski definition) is 1. The lowest BCUT2D eigenvalue weighted by molar-refractivity contribution is 0.342. The lowest BCUT2D eigenvalue weighted by atomic mass is 9.75. The van der Waals surface area contributed by atoms with Crippen LogP contribution in [0, 0.1) is 0 Å². The summed E-state index contributed by atoms with van der Waals surface area (Å²) in [5, 5.41) is 3.63.